The third kappa shape index (κ3) is 15.9. The Bertz CT molecular complexity index is 2320. The first-order valence-corrected chi connectivity index (χ1v) is 28.0. The molecule has 4 aromatic heterocycles. The molecule has 68 heavy (non-hydrogen) atoms. The Kier molecular flexibility index (Phi) is 19.4. The van der Waals surface area contributed by atoms with E-state index >= 15 is 0 Å². The fourth-order valence-corrected chi connectivity index (χ4v) is 11.7. The first-order valence-electron chi connectivity index (χ1n) is 21.6. The maximum Gasteiger partial charge on any atom is 0.215 e. The lowest BCUT2D eigenvalue weighted by Crippen LogP contribution is -2.39. The van der Waals surface area contributed by atoms with E-state index in [9.17, 15) is 33.7 Å². The van der Waals surface area contributed by atoms with Crippen molar-refractivity contribution in [2.45, 2.75) is 124 Å². The van der Waals surface area contributed by atoms with E-state index in [1.807, 2.05) is 27.7 Å². The Balaban J connectivity index is 0.000000169. The Morgan fingerprint density at radius 2 is 0.515 bits per heavy atom. The van der Waals surface area contributed by atoms with Gasteiger partial charge in [-0.05, 0) is 101 Å². The van der Waals surface area contributed by atoms with Crippen LogP contribution >= 0.6 is 0 Å². The van der Waals surface area contributed by atoms with E-state index in [1.54, 1.807) is 49.6 Å². The molecule has 0 aromatic carbocycles. The maximum absolute atomic E-state index is 11.5. The van der Waals surface area contributed by atoms with Crippen LogP contribution in [0.1, 0.15) is 121 Å². The molecular formula is C40H60N12O12S4. The second kappa shape index (κ2) is 24.1. The minimum absolute atomic E-state index is 0.384. The number of ether oxygens (including phenoxy) is 4. The summed E-state index contributed by atoms with van der Waals surface area (Å²) < 4.78 is 114. The van der Waals surface area contributed by atoms with Crippen molar-refractivity contribution >= 4 is 40.1 Å². The average molecular weight is 1030 g/mol. The number of aromatic nitrogens is 8. The van der Waals surface area contributed by atoms with Crippen LogP contribution in [0.3, 0.4) is 0 Å². The van der Waals surface area contributed by atoms with Gasteiger partial charge in [-0.15, -0.1) is 0 Å². The predicted molar refractivity (Wildman–Crippen MR) is 246 cm³/mol. The number of nitrogens with two attached hydrogens (primary N) is 4. The van der Waals surface area contributed by atoms with Crippen LogP contribution in [0.4, 0.5) is 0 Å². The standard InChI is InChI=1S/4C10H15N3O3S/c4*1-7-5-12-10(13-6-7)9-8(17(11,14)15)3-2-4-16-9/h4*5-6,8-9H,2-4H2,1H3,(H2,11,14,15)/t2*8-,9+;2*8-,9-/m1010/s1. The highest BCUT2D eigenvalue weighted by molar-refractivity contribution is 7.90. The van der Waals surface area contributed by atoms with Crippen molar-refractivity contribution in [1.82, 2.24) is 39.9 Å². The van der Waals surface area contributed by atoms with E-state index in [0.717, 1.165) is 22.3 Å². The van der Waals surface area contributed by atoms with Gasteiger partial charge in [0, 0.05) is 76.0 Å². The molecule has 0 amide bonds. The molecule has 8 heterocycles. The van der Waals surface area contributed by atoms with E-state index in [-0.39, 0.29) is 0 Å². The Morgan fingerprint density at radius 3 is 0.662 bits per heavy atom. The monoisotopic (exact) mass is 1030 g/mol. The molecule has 0 spiro atoms. The van der Waals surface area contributed by atoms with Gasteiger partial charge in [-0.3, -0.25) is 0 Å². The van der Waals surface area contributed by atoms with E-state index in [2.05, 4.69) is 39.9 Å². The van der Waals surface area contributed by atoms with Crippen LogP contribution in [0.15, 0.2) is 49.6 Å². The number of hydrogen-bond donors (Lipinski definition) is 4. The molecule has 28 heteroatoms. The van der Waals surface area contributed by atoms with Crippen molar-refractivity contribution in [2.75, 3.05) is 26.4 Å². The molecule has 8 N–H and O–H groups in total. The van der Waals surface area contributed by atoms with Crippen molar-refractivity contribution in [3.63, 3.8) is 0 Å². The molecule has 0 aliphatic carbocycles. The van der Waals surface area contributed by atoms with Crippen LogP contribution in [0.2, 0.25) is 0 Å². The van der Waals surface area contributed by atoms with Gasteiger partial charge >= 0.3 is 0 Å². The molecule has 0 unspecified atom stereocenters. The van der Waals surface area contributed by atoms with Crippen LogP contribution in [-0.4, -0.2) is 121 Å². The second-order valence-electron chi connectivity index (χ2n) is 16.7. The lowest BCUT2D eigenvalue weighted by Gasteiger charge is -2.28. The van der Waals surface area contributed by atoms with Crippen LogP contribution in [0.5, 0.6) is 0 Å². The molecule has 0 bridgehead atoms. The molecule has 0 saturated carbocycles. The summed E-state index contributed by atoms with van der Waals surface area (Å²) in [5.41, 5.74) is 3.65. The summed E-state index contributed by atoms with van der Waals surface area (Å²) in [6.45, 7) is 9.49. The predicted octanol–water partition coefficient (Wildman–Crippen LogP) is 1.17. The number of primary sulfonamides is 4. The summed E-state index contributed by atoms with van der Waals surface area (Å²) in [4.78, 5) is 32.9. The lowest BCUT2D eigenvalue weighted by molar-refractivity contribution is 0.0124. The fourth-order valence-electron chi connectivity index (χ4n) is 7.52. The number of rotatable bonds is 8. The summed E-state index contributed by atoms with van der Waals surface area (Å²) in [5.74, 6) is 1.53. The molecule has 24 nitrogen and oxygen atoms in total. The molecule has 4 aliphatic rings. The van der Waals surface area contributed by atoms with Gasteiger partial charge in [-0.1, -0.05) is 0 Å². The third-order valence-corrected chi connectivity index (χ3v) is 16.3. The van der Waals surface area contributed by atoms with Gasteiger partial charge < -0.3 is 18.9 Å². The van der Waals surface area contributed by atoms with Crippen LogP contribution < -0.4 is 20.6 Å². The third-order valence-electron chi connectivity index (χ3n) is 11.0. The fraction of sp³-hybridized carbons (Fsp3) is 0.600. The SMILES string of the molecule is Cc1cnc([C@@H]2OCCC[C@@H]2S(N)(=O)=O)nc1.Cc1cnc([C@@H]2OCCC[C@H]2S(N)(=O)=O)nc1.Cc1cnc([C@H]2OCCC[C@@H]2S(N)(=O)=O)nc1.Cc1cnc([C@H]2OCCC[C@H]2S(N)(=O)=O)nc1. The van der Waals surface area contributed by atoms with Crippen molar-refractivity contribution in [3.8, 4) is 0 Å². The van der Waals surface area contributed by atoms with E-state index in [0.29, 0.717) is 101 Å². The Hall–Kier alpha value is -4.20. The molecule has 4 aromatic rings. The normalized spacial score (nSPS) is 25.8. The minimum Gasteiger partial charge on any atom is -0.369 e. The number of hydrogen-bond acceptors (Lipinski definition) is 20. The second-order valence-corrected chi connectivity index (χ2v) is 23.9. The summed E-state index contributed by atoms with van der Waals surface area (Å²) in [6.07, 6.45) is 15.2. The molecule has 8 rings (SSSR count). The topological polar surface area (TPSA) is 381 Å². The quantitative estimate of drug-likeness (QED) is 0.192. The summed E-state index contributed by atoms with van der Waals surface area (Å²) >= 11 is 0. The molecule has 376 valence electrons. The Labute approximate surface area is 397 Å². The van der Waals surface area contributed by atoms with Crippen LogP contribution in [0, 0.1) is 27.7 Å². The zero-order chi connectivity index (χ0) is 49.9. The summed E-state index contributed by atoms with van der Waals surface area (Å²) in [6, 6.07) is 0. The van der Waals surface area contributed by atoms with E-state index in [1.165, 1.54) is 0 Å². The van der Waals surface area contributed by atoms with Gasteiger partial charge in [0.15, 0.2) is 23.3 Å². The van der Waals surface area contributed by atoms with Gasteiger partial charge in [0.2, 0.25) is 40.1 Å². The molecule has 8 atom stereocenters. The van der Waals surface area contributed by atoms with Crippen LogP contribution in [0.25, 0.3) is 0 Å². The molecular weight excluding hydrogens is 969 g/mol. The lowest BCUT2D eigenvalue weighted by atomic mass is 10.1. The smallest absolute Gasteiger partial charge is 0.215 e. The maximum atomic E-state index is 11.5. The molecule has 4 saturated heterocycles. The van der Waals surface area contributed by atoms with Crippen LogP contribution in [-0.2, 0) is 59.0 Å². The number of nitrogens with zero attached hydrogens (tertiary/aromatic N) is 8. The highest BCUT2D eigenvalue weighted by atomic mass is 32.2. The molecule has 0 radical (unpaired) electrons. The molecule has 4 fully saturated rings. The van der Waals surface area contributed by atoms with Crippen molar-refractivity contribution in [1.29, 1.82) is 0 Å². The van der Waals surface area contributed by atoms with Crippen molar-refractivity contribution in [2.24, 2.45) is 20.6 Å². The van der Waals surface area contributed by atoms with Crippen molar-refractivity contribution < 1.29 is 52.6 Å². The van der Waals surface area contributed by atoms with Crippen molar-refractivity contribution in [3.05, 3.63) is 95.1 Å². The number of aryl methyl sites for hydroxylation is 4. The first kappa shape index (κ1) is 54.7. The summed E-state index contributed by atoms with van der Waals surface area (Å²) in [5, 5.41) is 17.8. The van der Waals surface area contributed by atoms with Gasteiger partial charge in [0.05, 0.1) is 0 Å². The molecule has 4 aliphatic heterocycles. The largest absolute Gasteiger partial charge is 0.369 e. The number of sulfonamides is 4. The minimum atomic E-state index is -3.64. The average Bonchev–Trinajstić information content (AvgIpc) is 3.30. The van der Waals surface area contributed by atoms with Gasteiger partial charge in [0.25, 0.3) is 0 Å². The Morgan fingerprint density at radius 1 is 0.353 bits per heavy atom. The highest BCUT2D eigenvalue weighted by Crippen LogP contribution is 2.33. The zero-order valence-electron chi connectivity index (χ0n) is 38.1. The first-order chi connectivity index (χ1) is 31.9. The van der Waals surface area contributed by atoms with Gasteiger partial charge in [0.1, 0.15) is 45.4 Å². The van der Waals surface area contributed by atoms with E-state index < -0.39 is 85.5 Å². The highest BCUT2D eigenvalue weighted by Gasteiger charge is 2.40. The van der Waals surface area contributed by atoms with Gasteiger partial charge in [-0.25, -0.2) is 94.1 Å². The van der Waals surface area contributed by atoms with E-state index in [4.69, 9.17) is 39.5 Å². The zero-order valence-corrected chi connectivity index (χ0v) is 41.4. The summed E-state index contributed by atoms with van der Waals surface area (Å²) in [7, 11) is -14.6. The van der Waals surface area contributed by atoms with Gasteiger partial charge in [-0.2, -0.15) is 0 Å².